The van der Waals surface area contributed by atoms with Crippen molar-refractivity contribution >= 4 is 5.69 Å². The number of rotatable bonds is 4. The Morgan fingerprint density at radius 1 is 1.14 bits per heavy atom. The minimum atomic E-state index is -1.50. The summed E-state index contributed by atoms with van der Waals surface area (Å²) in [6, 6.07) is 5.98. The molecule has 0 radical (unpaired) electrons. The van der Waals surface area contributed by atoms with Gasteiger partial charge in [-0.15, -0.1) is 0 Å². The Kier molecular flexibility index (Phi) is 4.97. The normalized spacial score (nSPS) is 32.3. The van der Waals surface area contributed by atoms with Crippen LogP contribution in [-0.2, 0) is 4.74 Å². The maximum absolute atomic E-state index is 9.81. The molecular weight excluding hydrogens is 282 g/mol. The molecular formula is C12H15N3O6. The quantitative estimate of drug-likeness (QED) is 0.344. The maximum Gasteiger partial charge on any atom is 0.229 e. The first-order valence-corrected chi connectivity index (χ1v) is 6.19. The van der Waals surface area contributed by atoms with Crippen LogP contribution in [0.2, 0.25) is 0 Å². The van der Waals surface area contributed by atoms with Crippen LogP contribution in [0.5, 0.6) is 5.75 Å². The Hall–Kier alpha value is -1.87. The van der Waals surface area contributed by atoms with Crippen LogP contribution in [0.4, 0.5) is 5.69 Å². The first kappa shape index (κ1) is 15.5. The third-order valence-corrected chi connectivity index (χ3v) is 3.10. The molecule has 1 fully saturated rings. The molecule has 4 N–H and O–H groups in total. The van der Waals surface area contributed by atoms with Gasteiger partial charge in [0.1, 0.15) is 30.2 Å². The zero-order valence-electron chi connectivity index (χ0n) is 10.9. The molecule has 9 heteroatoms. The number of ether oxygens (including phenoxy) is 2. The van der Waals surface area contributed by atoms with E-state index in [0.717, 1.165) is 0 Å². The van der Waals surface area contributed by atoms with Gasteiger partial charge in [0.15, 0.2) is 0 Å². The summed E-state index contributed by atoms with van der Waals surface area (Å²) in [6.07, 6.45) is -6.68. The molecule has 1 aromatic carbocycles. The van der Waals surface area contributed by atoms with Gasteiger partial charge in [-0.3, -0.25) is 0 Å². The van der Waals surface area contributed by atoms with Gasteiger partial charge in [-0.25, -0.2) is 0 Å². The second-order valence-electron chi connectivity index (χ2n) is 4.50. The molecule has 1 saturated heterocycles. The lowest BCUT2D eigenvalue weighted by Crippen LogP contribution is -2.60. The Bertz CT molecular complexity index is 516. The minimum absolute atomic E-state index is 0.302. The smallest absolute Gasteiger partial charge is 0.229 e. The summed E-state index contributed by atoms with van der Waals surface area (Å²) in [5, 5.41) is 41.5. The minimum Gasteiger partial charge on any atom is -0.462 e. The fourth-order valence-electron chi connectivity index (χ4n) is 1.94. The van der Waals surface area contributed by atoms with Crippen LogP contribution < -0.4 is 4.74 Å². The van der Waals surface area contributed by atoms with E-state index in [1.807, 2.05) is 0 Å². The zero-order valence-corrected chi connectivity index (χ0v) is 10.9. The van der Waals surface area contributed by atoms with Gasteiger partial charge in [0, 0.05) is 10.6 Å². The molecule has 21 heavy (non-hydrogen) atoms. The van der Waals surface area contributed by atoms with E-state index < -0.39 is 37.3 Å². The number of hydrogen-bond donors (Lipinski definition) is 4. The summed E-state index contributed by atoms with van der Waals surface area (Å²) in [7, 11) is 0. The van der Waals surface area contributed by atoms with Crippen molar-refractivity contribution < 1.29 is 29.9 Å². The molecule has 9 nitrogen and oxygen atoms in total. The molecule has 0 amide bonds. The van der Waals surface area contributed by atoms with Crippen LogP contribution in [-0.4, -0.2) is 57.7 Å². The lowest BCUT2D eigenvalue weighted by atomic mass is 9.99. The molecule has 1 heterocycles. The summed E-state index contributed by atoms with van der Waals surface area (Å²) >= 11 is 0. The van der Waals surface area contributed by atoms with Crippen LogP contribution in [0, 0.1) is 0 Å². The van der Waals surface area contributed by atoms with E-state index in [4.69, 9.17) is 20.1 Å². The van der Waals surface area contributed by atoms with E-state index in [2.05, 4.69) is 10.0 Å². The van der Waals surface area contributed by atoms with E-state index in [1.54, 1.807) is 0 Å². The molecule has 2 rings (SSSR count). The lowest BCUT2D eigenvalue weighted by molar-refractivity contribution is -0.277. The first-order chi connectivity index (χ1) is 10.1. The monoisotopic (exact) mass is 297 g/mol. The van der Waals surface area contributed by atoms with Crippen molar-refractivity contribution in [2.24, 2.45) is 5.11 Å². The molecule has 0 saturated carbocycles. The van der Waals surface area contributed by atoms with E-state index in [1.165, 1.54) is 24.3 Å². The lowest BCUT2D eigenvalue weighted by Gasteiger charge is -2.39. The van der Waals surface area contributed by atoms with Gasteiger partial charge < -0.3 is 29.9 Å². The molecule has 0 aromatic heterocycles. The van der Waals surface area contributed by atoms with Gasteiger partial charge >= 0.3 is 0 Å². The highest BCUT2D eigenvalue weighted by Crippen LogP contribution is 2.25. The molecule has 0 aliphatic carbocycles. The molecule has 114 valence electrons. The van der Waals surface area contributed by atoms with Crippen molar-refractivity contribution in [3.8, 4) is 5.75 Å². The largest absolute Gasteiger partial charge is 0.462 e. The Morgan fingerprint density at radius 2 is 1.81 bits per heavy atom. The number of hydrogen-bond acceptors (Lipinski definition) is 7. The molecule has 0 bridgehead atoms. The van der Waals surface area contributed by atoms with Crippen molar-refractivity contribution in [2.75, 3.05) is 6.61 Å². The predicted molar refractivity (Wildman–Crippen MR) is 69.6 cm³/mol. The Morgan fingerprint density at radius 3 is 2.38 bits per heavy atom. The highest BCUT2D eigenvalue weighted by atomic mass is 16.7. The van der Waals surface area contributed by atoms with E-state index >= 15 is 0 Å². The van der Waals surface area contributed by atoms with Crippen molar-refractivity contribution in [2.45, 2.75) is 30.7 Å². The van der Waals surface area contributed by atoms with Crippen molar-refractivity contribution in [3.63, 3.8) is 0 Å². The average Bonchev–Trinajstić information content (AvgIpc) is 2.50. The van der Waals surface area contributed by atoms with E-state index in [0.29, 0.717) is 11.4 Å². The van der Waals surface area contributed by atoms with Crippen LogP contribution in [0.3, 0.4) is 0 Å². The molecule has 5 atom stereocenters. The second-order valence-corrected chi connectivity index (χ2v) is 4.50. The van der Waals surface area contributed by atoms with Crippen molar-refractivity contribution in [1.82, 2.24) is 0 Å². The third kappa shape index (κ3) is 3.42. The number of aliphatic hydroxyl groups excluding tert-OH is 4. The second kappa shape index (κ2) is 6.72. The van der Waals surface area contributed by atoms with Crippen LogP contribution in [0.1, 0.15) is 0 Å². The Labute approximate surface area is 119 Å². The summed E-state index contributed by atoms with van der Waals surface area (Å²) < 4.78 is 10.6. The summed E-state index contributed by atoms with van der Waals surface area (Å²) in [5.74, 6) is 0.302. The van der Waals surface area contributed by atoms with Gasteiger partial charge in [0.05, 0.1) is 6.61 Å². The zero-order chi connectivity index (χ0) is 15.4. The standard InChI is InChI=1S/C12H15N3O6/c13-15-14-6-1-3-7(4-2-6)20-12-11(19)10(18)9(17)8(5-16)21-12/h1-4,8-12,16-19H,5H2/t8-,9-,10+,11-,12?/m1/s1. The fourth-order valence-corrected chi connectivity index (χ4v) is 1.94. The highest BCUT2D eigenvalue weighted by Gasteiger charge is 2.44. The maximum atomic E-state index is 9.81. The van der Waals surface area contributed by atoms with Crippen LogP contribution in [0.25, 0.3) is 10.4 Å². The first-order valence-electron chi connectivity index (χ1n) is 6.19. The van der Waals surface area contributed by atoms with Gasteiger partial charge in [-0.1, -0.05) is 5.11 Å². The van der Waals surface area contributed by atoms with Gasteiger partial charge in [-0.2, -0.15) is 0 Å². The highest BCUT2D eigenvalue weighted by molar-refractivity contribution is 5.41. The topological polar surface area (TPSA) is 148 Å². The molecule has 1 aliphatic rings. The fraction of sp³-hybridized carbons (Fsp3) is 0.500. The van der Waals surface area contributed by atoms with Crippen LogP contribution >= 0.6 is 0 Å². The SMILES string of the molecule is [N-]=[N+]=Nc1ccc(OC2O[C@H](CO)[C@@H](O)[C@H](O)[C@H]2O)cc1. The summed E-state index contributed by atoms with van der Waals surface area (Å²) in [4.78, 5) is 2.63. The van der Waals surface area contributed by atoms with Crippen molar-refractivity contribution in [1.29, 1.82) is 0 Å². The van der Waals surface area contributed by atoms with Crippen molar-refractivity contribution in [3.05, 3.63) is 34.7 Å². The van der Waals surface area contributed by atoms with Crippen LogP contribution in [0.15, 0.2) is 29.4 Å². The van der Waals surface area contributed by atoms with Gasteiger partial charge in [0.25, 0.3) is 0 Å². The molecule has 1 unspecified atom stereocenters. The van der Waals surface area contributed by atoms with Gasteiger partial charge in [0.2, 0.25) is 6.29 Å². The number of azide groups is 1. The molecule has 1 aliphatic heterocycles. The summed E-state index contributed by atoms with van der Waals surface area (Å²) in [6.45, 7) is -0.527. The predicted octanol–water partition coefficient (Wildman–Crippen LogP) is -0.193. The third-order valence-electron chi connectivity index (χ3n) is 3.10. The summed E-state index contributed by atoms with van der Waals surface area (Å²) in [5.41, 5.74) is 8.68. The number of aliphatic hydroxyl groups is 4. The van der Waals surface area contributed by atoms with Gasteiger partial charge in [-0.05, 0) is 29.8 Å². The number of nitrogens with zero attached hydrogens (tertiary/aromatic N) is 3. The molecule has 0 spiro atoms. The van der Waals surface area contributed by atoms with E-state index in [-0.39, 0.29) is 0 Å². The molecule has 1 aromatic rings. The average molecular weight is 297 g/mol. The Balaban J connectivity index is 2.08. The van der Waals surface area contributed by atoms with E-state index in [9.17, 15) is 15.3 Å². The number of benzene rings is 1.